The van der Waals surface area contributed by atoms with Gasteiger partial charge in [0.15, 0.2) is 0 Å². The van der Waals surface area contributed by atoms with Crippen LogP contribution >= 0.6 is 0 Å². The molecule has 0 N–H and O–H groups in total. The molecule has 6 heteroatoms. The molecule has 0 amide bonds. The molecular weight excluding hydrogens is 216 g/mol. The third-order valence-electron chi connectivity index (χ3n) is 1.84. The number of carbonyl (C=O) groups is 2. The molecule has 0 aliphatic rings. The van der Waals surface area contributed by atoms with E-state index in [2.05, 4.69) is 4.74 Å². The summed E-state index contributed by atoms with van der Waals surface area (Å²) >= 11 is 0. The summed E-state index contributed by atoms with van der Waals surface area (Å²) in [6.45, 7) is 1.11. The van der Waals surface area contributed by atoms with Crippen molar-refractivity contribution < 1.29 is 28.5 Å². The van der Waals surface area contributed by atoms with Crippen LogP contribution in [0.25, 0.3) is 0 Å². The maximum absolute atomic E-state index is 10.9. The van der Waals surface area contributed by atoms with Gasteiger partial charge in [-0.05, 0) is 6.08 Å². The van der Waals surface area contributed by atoms with Gasteiger partial charge < -0.3 is 18.9 Å². The Morgan fingerprint density at radius 3 is 2.12 bits per heavy atom. The number of ether oxygens (including phenoxy) is 4. The summed E-state index contributed by atoms with van der Waals surface area (Å²) in [5.41, 5.74) is 0. The molecule has 0 aromatic rings. The van der Waals surface area contributed by atoms with E-state index in [1.807, 2.05) is 0 Å². The minimum Gasteiger partial charge on any atom is -0.466 e. The summed E-state index contributed by atoms with van der Waals surface area (Å²) in [7, 11) is 3.99. The molecule has 0 aliphatic heterocycles. The molecule has 92 valence electrons. The number of esters is 2. The zero-order valence-corrected chi connectivity index (χ0v) is 9.81. The Balaban J connectivity index is 4.60. The van der Waals surface area contributed by atoms with E-state index in [1.165, 1.54) is 34.3 Å². The van der Waals surface area contributed by atoms with Gasteiger partial charge in [0.25, 0.3) is 0 Å². The van der Waals surface area contributed by atoms with Crippen molar-refractivity contribution >= 4 is 11.9 Å². The number of hydrogen-bond acceptors (Lipinski definition) is 6. The van der Waals surface area contributed by atoms with E-state index in [-0.39, 0.29) is 6.61 Å². The highest BCUT2D eigenvalue weighted by molar-refractivity contribution is 5.81. The maximum atomic E-state index is 10.9. The van der Waals surface area contributed by atoms with Crippen molar-refractivity contribution in [3.05, 3.63) is 12.2 Å². The molecule has 0 aromatic carbocycles. The molecule has 0 radical (unpaired) electrons. The zero-order valence-electron chi connectivity index (χ0n) is 9.81. The third kappa shape index (κ3) is 4.90. The molecule has 6 nitrogen and oxygen atoms in total. The summed E-state index contributed by atoms with van der Waals surface area (Å²) in [5, 5.41) is 0. The summed E-state index contributed by atoms with van der Waals surface area (Å²) in [5.74, 6) is -2.30. The topological polar surface area (TPSA) is 71.1 Å². The van der Waals surface area contributed by atoms with Gasteiger partial charge in [0.2, 0.25) is 5.79 Å². The van der Waals surface area contributed by atoms with Crippen LogP contribution in [0.5, 0.6) is 0 Å². The highest BCUT2D eigenvalue weighted by atomic mass is 16.7. The molecule has 0 aliphatic carbocycles. The third-order valence-corrected chi connectivity index (χ3v) is 1.84. The number of hydrogen-bond donors (Lipinski definition) is 0. The second-order valence-electron chi connectivity index (χ2n) is 2.86. The lowest BCUT2D eigenvalue weighted by atomic mass is 10.2. The Hall–Kier alpha value is -1.40. The van der Waals surface area contributed by atoms with Crippen LogP contribution in [-0.2, 0) is 28.5 Å². The molecule has 0 atom stereocenters. The molecule has 16 heavy (non-hydrogen) atoms. The van der Waals surface area contributed by atoms with Gasteiger partial charge in [-0.1, -0.05) is 0 Å². The van der Waals surface area contributed by atoms with Crippen molar-refractivity contribution in [3.8, 4) is 0 Å². The van der Waals surface area contributed by atoms with Gasteiger partial charge >= 0.3 is 11.9 Å². The average Bonchev–Trinajstić information content (AvgIpc) is 2.29. The standard InChI is InChI=1S/C10H16O6/c1-8(11)16-7-10(14-3,15-4)6-5-9(12)13-2/h5-6H,7H2,1-4H3/b6-5-. The molecule has 0 aromatic heterocycles. The maximum Gasteiger partial charge on any atom is 0.330 e. The van der Waals surface area contributed by atoms with Crippen LogP contribution in [0.15, 0.2) is 12.2 Å². The van der Waals surface area contributed by atoms with Crippen LogP contribution in [0, 0.1) is 0 Å². The van der Waals surface area contributed by atoms with Gasteiger partial charge in [-0.2, -0.15) is 0 Å². The lowest BCUT2D eigenvalue weighted by Crippen LogP contribution is -2.37. The zero-order chi connectivity index (χ0) is 12.6. The van der Waals surface area contributed by atoms with Crippen LogP contribution in [0.4, 0.5) is 0 Å². The Morgan fingerprint density at radius 1 is 1.19 bits per heavy atom. The molecule has 0 saturated heterocycles. The number of carbonyl (C=O) groups excluding carboxylic acids is 2. The predicted molar refractivity (Wildman–Crippen MR) is 54.5 cm³/mol. The first-order chi connectivity index (χ1) is 7.49. The van der Waals surface area contributed by atoms with Gasteiger partial charge in [0.1, 0.15) is 6.61 Å². The molecule has 0 unspecified atom stereocenters. The first kappa shape index (κ1) is 14.6. The quantitative estimate of drug-likeness (QED) is 0.372. The first-order valence-electron chi connectivity index (χ1n) is 4.50. The van der Waals surface area contributed by atoms with E-state index >= 15 is 0 Å². The normalized spacial score (nSPS) is 11.5. The van der Waals surface area contributed by atoms with E-state index in [0.29, 0.717) is 0 Å². The molecule has 0 heterocycles. The van der Waals surface area contributed by atoms with Crippen LogP contribution in [0.2, 0.25) is 0 Å². The Kier molecular flexibility index (Phi) is 6.36. The van der Waals surface area contributed by atoms with Gasteiger partial charge in [-0.15, -0.1) is 0 Å². The van der Waals surface area contributed by atoms with E-state index in [4.69, 9.17) is 14.2 Å². The fraction of sp³-hybridized carbons (Fsp3) is 0.600. The molecular formula is C10H16O6. The van der Waals surface area contributed by atoms with Crippen molar-refractivity contribution in [2.24, 2.45) is 0 Å². The summed E-state index contributed by atoms with van der Waals surface area (Å²) in [6, 6.07) is 0. The van der Waals surface area contributed by atoms with Crippen LogP contribution in [-0.4, -0.2) is 45.7 Å². The smallest absolute Gasteiger partial charge is 0.330 e. The summed E-state index contributed by atoms with van der Waals surface area (Å²) in [6.07, 6.45) is 2.46. The minimum atomic E-state index is -1.28. The first-order valence-corrected chi connectivity index (χ1v) is 4.50. The minimum absolute atomic E-state index is 0.150. The van der Waals surface area contributed by atoms with Gasteiger partial charge in [0.05, 0.1) is 7.11 Å². The van der Waals surface area contributed by atoms with Crippen molar-refractivity contribution in [1.82, 2.24) is 0 Å². The van der Waals surface area contributed by atoms with Crippen LogP contribution in [0.1, 0.15) is 6.92 Å². The Labute approximate surface area is 94.1 Å². The van der Waals surface area contributed by atoms with Crippen LogP contribution < -0.4 is 0 Å². The number of methoxy groups -OCH3 is 3. The van der Waals surface area contributed by atoms with E-state index in [1.54, 1.807) is 0 Å². The second-order valence-corrected chi connectivity index (χ2v) is 2.86. The Morgan fingerprint density at radius 2 is 1.75 bits per heavy atom. The molecule has 0 saturated carbocycles. The molecule has 0 fully saturated rings. The molecule has 0 bridgehead atoms. The second kappa shape index (κ2) is 6.97. The van der Waals surface area contributed by atoms with Crippen molar-refractivity contribution in [2.75, 3.05) is 27.9 Å². The fourth-order valence-corrected chi connectivity index (χ4v) is 0.851. The predicted octanol–water partition coefficient (Wildman–Crippen LogP) is 0.268. The lowest BCUT2D eigenvalue weighted by Gasteiger charge is -2.26. The Bertz CT molecular complexity index is 266. The summed E-state index contributed by atoms with van der Waals surface area (Å²) < 4.78 is 19.3. The highest BCUT2D eigenvalue weighted by Gasteiger charge is 2.28. The number of rotatable bonds is 6. The average molecular weight is 232 g/mol. The largest absolute Gasteiger partial charge is 0.466 e. The lowest BCUT2D eigenvalue weighted by molar-refractivity contribution is -0.204. The van der Waals surface area contributed by atoms with E-state index < -0.39 is 17.7 Å². The van der Waals surface area contributed by atoms with Gasteiger partial charge in [0, 0.05) is 27.2 Å². The van der Waals surface area contributed by atoms with Crippen molar-refractivity contribution in [3.63, 3.8) is 0 Å². The molecule has 0 rings (SSSR count). The highest BCUT2D eigenvalue weighted by Crippen LogP contribution is 2.14. The van der Waals surface area contributed by atoms with Gasteiger partial charge in [-0.3, -0.25) is 4.79 Å². The van der Waals surface area contributed by atoms with E-state index in [9.17, 15) is 9.59 Å². The molecule has 0 spiro atoms. The fourth-order valence-electron chi connectivity index (χ4n) is 0.851. The van der Waals surface area contributed by atoms with Crippen LogP contribution in [0.3, 0.4) is 0 Å². The van der Waals surface area contributed by atoms with Crippen molar-refractivity contribution in [1.29, 1.82) is 0 Å². The monoisotopic (exact) mass is 232 g/mol. The van der Waals surface area contributed by atoms with Crippen molar-refractivity contribution in [2.45, 2.75) is 12.7 Å². The van der Waals surface area contributed by atoms with E-state index in [0.717, 1.165) is 6.08 Å². The summed E-state index contributed by atoms with van der Waals surface area (Å²) in [4.78, 5) is 21.6. The van der Waals surface area contributed by atoms with Gasteiger partial charge in [-0.25, -0.2) is 4.79 Å². The SMILES string of the molecule is COC(=O)/C=C\C(COC(C)=O)(OC)OC.